The SMILES string of the molecule is COc1ccc(C(=O)NC2CCCCC2(C)C)cc1N. The van der Waals surface area contributed by atoms with Gasteiger partial charge in [0, 0.05) is 11.6 Å². The molecule has 1 aliphatic carbocycles. The van der Waals surface area contributed by atoms with Gasteiger partial charge in [0.2, 0.25) is 0 Å². The summed E-state index contributed by atoms with van der Waals surface area (Å²) in [5.74, 6) is 0.541. The summed E-state index contributed by atoms with van der Waals surface area (Å²) in [5.41, 5.74) is 7.09. The quantitative estimate of drug-likeness (QED) is 0.834. The summed E-state index contributed by atoms with van der Waals surface area (Å²) in [4.78, 5) is 12.3. The predicted octanol–water partition coefficient (Wildman–Crippen LogP) is 2.98. The molecule has 1 fully saturated rings. The first-order valence-electron chi connectivity index (χ1n) is 7.18. The minimum absolute atomic E-state index is 0.0562. The van der Waals surface area contributed by atoms with E-state index in [0.29, 0.717) is 17.0 Å². The Morgan fingerprint density at radius 2 is 2.15 bits per heavy atom. The molecule has 0 radical (unpaired) electrons. The second-order valence-corrected chi connectivity index (χ2v) is 6.22. The Morgan fingerprint density at radius 1 is 1.40 bits per heavy atom. The Balaban J connectivity index is 2.10. The normalized spacial score (nSPS) is 21.2. The molecule has 0 bridgehead atoms. The van der Waals surface area contributed by atoms with Crippen molar-refractivity contribution >= 4 is 11.6 Å². The van der Waals surface area contributed by atoms with E-state index < -0.39 is 0 Å². The lowest BCUT2D eigenvalue weighted by atomic mass is 9.73. The van der Waals surface area contributed by atoms with Gasteiger partial charge in [-0.05, 0) is 36.5 Å². The van der Waals surface area contributed by atoms with Crippen molar-refractivity contribution in [1.82, 2.24) is 5.32 Å². The van der Waals surface area contributed by atoms with Crippen molar-refractivity contribution in [1.29, 1.82) is 0 Å². The third-order valence-electron chi connectivity index (χ3n) is 4.30. The Labute approximate surface area is 120 Å². The molecule has 0 heterocycles. The number of amides is 1. The molecule has 1 unspecified atom stereocenters. The molecular weight excluding hydrogens is 252 g/mol. The number of ether oxygens (including phenoxy) is 1. The first-order valence-corrected chi connectivity index (χ1v) is 7.18. The summed E-state index contributed by atoms with van der Waals surface area (Å²) < 4.78 is 5.11. The molecular formula is C16H24N2O2. The third kappa shape index (κ3) is 3.06. The average Bonchev–Trinajstić information content (AvgIpc) is 2.41. The highest BCUT2D eigenvalue weighted by Crippen LogP contribution is 2.35. The first-order chi connectivity index (χ1) is 9.44. The molecule has 20 heavy (non-hydrogen) atoms. The maximum atomic E-state index is 12.3. The number of benzene rings is 1. The van der Waals surface area contributed by atoms with Crippen molar-refractivity contribution in [3.05, 3.63) is 23.8 Å². The van der Waals surface area contributed by atoms with Crippen molar-refractivity contribution in [3.8, 4) is 5.75 Å². The van der Waals surface area contributed by atoms with Crippen LogP contribution in [-0.4, -0.2) is 19.1 Å². The Morgan fingerprint density at radius 3 is 2.75 bits per heavy atom. The van der Waals surface area contributed by atoms with Crippen LogP contribution in [0.3, 0.4) is 0 Å². The molecule has 4 nitrogen and oxygen atoms in total. The predicted molar refractivity (Wildman–Crippen MR) is 80.9 cm³/mol. The van der Waals surface area contributed by atoms with Crippen LogP contribution in [0.5, 0.6) is 5.75 Å². The van der Waals surface area contributed by atoms with Crippen LogP contribution in [0.25, 0.3) is 0 Å². The highest BCUT2D eigenvalue weighted by Gasteiger charge is 2.33. The van der Waals surface area contributed by atoms with Crippen LogP contribution in [0.15, 0.2) is 18.2 Å². The third-order valence-corrected chi connectivity index (χ3v) is 4.30. The molecule has 2 rings (SSSR count). The summed E-state index contributed by atoms with van der Waals surface area (Å²) in [6, 6.07) is 5.38. The average molecular weight is 276 g/mol. The van der Waals surface area contributed by atoms with Crippen molar-refractivity contribution in [2.75, 3.05) is 12.8 Å². The molecule has 110 valence electrons. The molecule has 1 saturated carbocycles. The minimum Gasteiger partial charge on any atom is -0.495 e. The zero-order valence-corrected chi connectivity index (χ0v) is 12.5. The van der Waals surface area contributed by atoms with Gasteiger partial charge in [0.05, 0.1) is 12.8 Å². The van der Waals surface area contributed by atoms with E-state index in [9.17, 15) is 4.79 Å². The van der Waals surface area contributed by atoms with Crippen LogP contribution >= 0.6 is 0 Å². The largest absolute Gasteiger partial charge is 0.495 e. The van der Waals surface area contributed by atoms with Crippen molar-refractivity contribution in [3.63, 3.8) is 0 Å². The van der Waals surface area contributed by atoms with E-state index in [1.54, 1.807) is 25.3 Å². The van der Waals surface area contributed by atoms with Gasteiger partial charge in [0.15, 0.2) is 0 Å². The Hall–Kier alpha value is -1.71. The summed E-state index contributed by atoms with van der Waals surface area (Å²) >= 11 is 0. The van der Waals surface area contributed by atoms with Crippen LogP contribution in [-0.2, 0) is 0 Å². The van der Waals surface area contributed by atoms with E-state index >= 15 is 0 Å². The lowest BCUT2D eigenvalue weighted by Gasteiger charge is -2.39. The summed E-state index contributed by atoms with van der Waals surface area (Å²) in [6.45, 7) is 4.44. The monoisotopic (exact) mass is 276 g/mol. The molecule has 1 amide bonds. The first kappa shape index (κ1) is 14.7. The van der Waals surface area contributed by atoms with Gasteiger partial charge in [-0.15, -0.1) is 0 Å². The fourth-order valence-corrected chi connectivity index (χ4v) is 2.88. The minimum atomic E-state index is -0.0562. The molecule has 0 spiro atoms. The number of methoxy groups -OCH3 is 1. The Kier molecular flexibility index (Phi) is 4.21. The number of carbonyl (C=O) groups excluding carboxylic acids is 1. The standard InChI is InChI=1S/C16H24N2O2/c1-16(2)9-5-4-6-14(16)18-15(19)11-7-8-13(20-3)12(17)10-11/h7-8,10,14H,4-6,9,17H2,1-3H3,(H,18,19). The molecule has 3 N–H and O–H groups in total. The van der Waals surface area contributed by atoms with Crippen molar-refractivity contribution in [2.45, 2.75) is 45.6 Å². The Bertz CT molecular complexity index is 497. The van der Waals surface area contributed by atoms with Crippen molar-refractivity contribution in [2.24, 2.45) is 5.41 Å². The molecule has 1 aromatic carbocycles. The molecule has 1 aromatic rings. The van der Waals surface area contributed by atoms with Gasteiger partial charge < -0.3 is 15.8 Å². The lowest BCUT2D eigenvalue weighted by Crippen LogP contribution is -2.46. The molecule has 0 saturated heterocycles. The van der Waals surface area contributed by atoms with Gasteiger partial charge in [0.25, 0.3) is 5.91 Å². The zero-order valence-electron chi connectivity index (χ0n) is 12.5. The van der Waals surface area contributed by atoms with E-state index in [-0.39, 0.29) is 17.4 Å². The number of hydrogen-bond donors (Lipinski definition) is 2. The van der Waals surface area contributed by atoms with E-state index in [1.807, 2.05) is 0 Å². The van der Waals surface area contributed by atoms with Gasteiger partial charge in [0.1, 0.15) is 5.75 Å². The summed E-state index contributed by atoms with van der Waals surface area (Å²) in [7, 11) is 1.57. The van der Waals surface area contributed by atoms with Crippen LogP contribution in [0.4, 0.5) is 5.69 Å². The second-order valence-electron chi connectivity index (χ2n) is 6.22. The number of nitrogens with one attached hydrogen (secondary N) is 1. The second kappa shape index (κ2) is 5.73. The number of nitrogen functional groups attached to an aromatic ring is 1. The lowest BCUT2D eigenvalue weighted by molar-refractivity contribution is 0.0853. The number of nitrogens with two attached hydrogens (primary N) is 1. The van der Waals surface area contributed by atoms with Crippen molar-refractivity contribution < 1.29 is 9.53 Å². The van der Waals surface area contributed by atoms with Crippen LogP contribution < -0.4 is 15.8 Å². The van der Waals surface area contributed by atoms with Gasteiger partial charge in [-0.2, -0.15) is 0 Å². The van der Waals surface area contributed by atoms with E-state index in [0.717, 1.165) is 12.8 Å². The number of hydrogen-bond acceptors (Lipinski definition) is 3. The number of carbonyl (C=O) groups is 1. The number of rotatable bonds is 3. The van der Waals surface area contributed by atoms with Crippen LogP contribution in [0.2, 0.25) is 0 Å². The number of anilines is 1. The van der Waals surface area contributed by atoms with Gasteiger partial charge >= 0.3 is 0 Å². The molecule has 4 heteroatoms. The smallest absolute Gasteiger partial charge is 0.251 e. The maximum absolute atomic E-state index is 12.3. The molecule has 1 atom stereocenters. The summed E-state index contributed by atoms with van der Waals surface area (Å²) in [5, 5.41) is 3.15. The topological polar surface area (TPSA) is 64.3 Å². The fourth-order valence-electron chi connectivity index (χ4n) is 2.88. The van der Waals surface area contributed by atoms with Crippen LogP contribution in [0.1, 0.15) is 49.9 Å². The van der Waals surface area contributed by atoms with Gasteiger partial charge in [-0.3, -0.25) is 4.79 Å². The zero-order chi connectivity index (χ0) is 14.8. The van der Waals surface area contributed by atoms with E-state index in [4.69, 9.17) is 10.5 Å². The summed E-state index contributed by atoms with van der Waals surface area (Å²) in [6.07, 6.45) is 4.63. The van der Waals surface area contributed by atoms with Crippen LogP contribution in [0, 0.1) is 5.41 Å². The fraction of sp³-hybridized carbons (Fsp3) is 0.562. The maximum Gasteiger partial charge on any atom is 0.251 e. The van der Waals surface area contributed by atoms with Gasteiger partial charge in [-0.25, -0.2) is 0 Å². The van der Waals surface area contributed by atoms with E-state index in [2.05, 4.69) is 19.2 Å². The highest BCUT2D eigenvalue weighted by atomic mass is 16.5. The molecule has 1 aliphatic rings. The molecule has 0 aliphatic heterocycles. The highest BCUT2D eigenvalue weighted by molar-refractivity contribution is 5.95. The van der Waals surface area contributed by atoms with Gasteiger partial charge in [-0.1, -0.05) is 26.7 Å². The molecule has 0 aromatic heterocycles. The van der Waals surface area contributed by atoms with E-state index in [1.165, 1.54) is 12.8 Å².